The van der Waals surface area contributed by atoms with Crippen LogP contribution in [-0.4, -0.2) is 9.79 Å². The first-order valence-corrected chi connectivity index (χ1v) is 2.52. The first-order chi connectivity index (χ1) is 2.00. The number of hydrogen-bond acceptors (Lipinski definition) is 1. The van der Waals surface area contributed by atoms with Crippen LogP contribution in [0.25, 0.3) is 0 Å². The van der Waals surface area contributed by atoms with E-state index in [0.29, 0.717) is 0 Å². The highest BCUT2D eigenvalue weighted by Crippen LogP contribution is 2.20. The maximum atomic E-state index is 9.10. The molecule has 0 spiro atoms. The summed E-state index contributed by atoms with van der Waals surface area (Å²) in [7, 11) is -4.14. The highest BCUT2D eigenvalue weighted by Gasteiger charge is 1.96. The van der Waals surface area contributed by atoms with Crippen molar-refractivity contribution in [2.24, 2.45) is 5.50 Å². The van der Waals surface area contributed by atoms with E-state index in [0.717, 1.165) is 0 Å². The van der Waals surface area contributed by atoms with Crippen LogP contribution in [-0.2, 0) is 4.57 Å². The lowest BCUT2D eigenvalue weighted by Gasteiger charge is -1.84. The van der Waals surface area contributed by atoms with E-state index in [-0.39, 0.29) is 6.15 Å². The van der Waals surface area contributed by atoms with Crippen molar-refractivity contribution in [3.05, 3.63) is 0 Å². The molecule has 5 nitrogen and oxygen atoms in total. The fraction of sp³-hybridized carbons (Fsp3) is 0. The third-order valence-electron chi connectivity index (χ3n) is 0. The fourth-order valence-electron chi connectivity index (χ4n) is 0. The maximum Gasteiger partial charge on any atom is 0.397 e. The van der Waals surface area contributed by atoms with Crippen molar-refractivity contribution in [3.63, 3.8) is 0 Å². The van der Waals surface area contributed by atoms with E-state index in [9.17, 15) is 0 Å². The van der Waals surface area contributed by atoms with Gasteiger partial charge in [0.1, 0.15) is 0 Å². The topological polar surface area (TPSA) is 117 Å². The van der Waals surface area contributed by atoms with Crippen molar-refractivity contribution in [3.8, 4) is 0 Å². The summed E-state index contributed by atoms with van der Waals surface area (Å²) in [5.74, 6) is 0. The number of hydrogen-bond donors (Lipinski definition) is 3. The minimum Gasteiger partial charge on any atom is -0.313 e. The Morgan fingerprint density at radius 2 is 1.50 bits per heavy atom. The zero-order valence-corrected chi connectivity index (χ0v) is 3.80. The molecule has 0 saturated carbocycles. The van der Waals surface area contributed by atoms with Gasteiger partial charge < -0.3 is 9.79 Å². The summed E-state index contributed by atoms with van der Waals surface area (Å²) in [4.78, 5) is 14.8. The van der Waals surface area contributed by atoms with Crippen LogP contribution >= 0.6 is 7.75 Å². The minimum absolute atomic E-state index is 0. The largest absolute Gasteiger partial charge is 0.397 e. The van der Waals surface area contributed by atoms with E-state index in [2.05, 4.69) is 5.50 Å². The third-order valence-corrected chi connectivity index (χ3v) is 0. The maximum absolute atomic E-state index is 9.10. The smallest absolute Gasteiger partial charge is 0.313 e. The van der Waals surface area contributed by atoms with Crippen molar-refractivity contribution in [2.75, 3.05) is 0 Å². The Kier molecular flexibility index (Phi) is 3.58. The van der Waals surface area contributed by atoms with Gasteiger partial charge in [-0.05, 0) is 0 Å². The first kappa shape index (κ1) is 9.42. The van der Waals surface area contributed by atoms with Crippen molar-refractivity contribution < 1.29 is 14.4 Å². The standard InChI is InChI=1S/H4NO3P.H2N/c1-5(2,3)4;/h(H4,1,2,3,4);1H2. The van der Waals surface area contributed by atoms with E-state index in [1.165, 1.54) is 0 Å². The molecule has 39 valence electrons. The molecule has 0 unspecified atom stereocenters. The van der Waals surface area contributed by atoms with Crippen LogP contribution in [0.5, 0.6) is 0 Å². The van der Waals surface area contributed by atoms with Gasteiger partial charge in [-0.25, -0.2) is 10.1 Å². The SMILES string of the molecule is NP(=O)(O)O.[NH2]. The second kappa shape index (κ2) is 2.28. The van der Waals surface area contributed by atoms with Crippen molar-refractivity contribution in [1.29, 1.82) is 0 Å². The Bertz CT molecular complexity index is 54.9. The molecule has 1 radical (unpaired) electrons. The molecule has 0 aliphatic carbocycles. The summed E-state index contributed by atoms with van der Waals surface area (Å²) in [5.41, 5.74) is 4.02. The fourth-order valence-corrected chi connectivity index (χ4v) is 0. The molecular weight excluding hydrogens is 107 g/mol. The van der Waals surface area contributed by atoms with Gasteiger partial charge in [0.2, 0.25) is 0 Å². The molecule has 0 aromatic carbocycles. The van der Waals surface area contributed by atoms with Gasteiger partial charge in [0.05, 0.1) is 0 Å². The van der Waals surface area contributed by atoms with E-state index >= 15 is 0 Å². The van der Waals surface area contributed by atoms with Gasteiger partial charge in [0.15, 0.2) is 0 Å². The molecule has 0 saturated heterocycles. The van der Waals surface area contributed by atoms with Crippen LogP contribution in [0.3, 0.4) is 0 Å². The van der Waals surface area contributed by atoms with Crippen molar-refractivity contribution in [2.45, 2.75) is 0 Å². The molecule has 6 N–H and O–H groups in total. The molecule has 0 amide bonds. The lowest BCUT2D eigenvalue weighted by Crippen LogP contribution is -1.87. The second-order valence-corrected chi connectivity index (χ2v) is 1.77. The van der Waals surface area contributed by atoms with Gasteiger partial charge in [-0.3, -0.25) is 6.15 Å². The molecule has 0 fully saturated rings. The van der Waals surface area contributed by atoms with Gasteiger partial charge >= 0.3 is 7.75 Å². The number of rotatable bonds is 0. The minimum atomic E-state index is -4.14. The van der Waals surface area contributed by atoms with E-state index in [1.807, 2.05) is 0 Å². The molecular formula is H6N2O3P. The summed E-state index contributed by atoms with van der Waals surface area (Å²) in [6, 6.07) is 0. The molecule has 0 rings (SSSR count). The monoisotopic (exact) mass is 113 g/mol. The molecule has 0 aromatic rings. The van der Waals surface area contributed by atoms with E-state index in [1.54, 1.807) is 0 Å². The average Bonchev–Trinajstić information content (AvgIpc) is 0.722. The predicted molar refractivity (Wildman–Crippen MR) is 20.3 cm³/mol. The molecule has 6 heavy (non-hydrogen) atoms. The van der Waals surface area contributed by atoms with Crippen LogP contribution in [0.15, 0.2) is 0 Å². The van der Waals surface area contributed by atoms with E-state index < -0.39 is 7.75 Å². The van der Waals surface area contributed by atoms with Gasteiger partial charge in [0, 0.05) is 0 Å². The molecule has 0 aromatic heterocycles. The highest BCUT2D eigenvalue weighted by atomic mass is 31.2. The Morgan fingerprint density at radius 1 is 1.50 bits per heavy atom. The van der Waals surface area contributed by atoms with Crippen LogP contribution in [0, 0.1) is 0 Å². The predicted octanol–water partition coefficient (Wildman–Crippen LogP) is -1.01. The molecule has 0 aliphatic rings. The van der Waals surface area contributed by atoms with Crippen molar-refractivity contribution in [1.82, 2.24) is 6.15 Å². The summed E-state index contributed by atoms with van der Waals surface area (Å²) >= 11 is 0. The van der Waals surface area contributed by atoms with Crippen molar-refractivity contribution >= 4 is 7.75 Å². The first-order valence-electron chi connectivity index (χ1n) is 0.841. The van der Waals surface area contributed by atoms with Gasteiger partial charge in [0.25, 0.3) is 0 Å². The van der Waals surface area contributed by atoms with Crippen LogP contribution in [0.2, 0.25) is 0 Å². The quantitative estimate of drug-likeness (QED) is 0.348. The molecule has 0 atom stereocenters. The normalized spacial score (nSPS) is 9.83. The van der Waals surface area contributed by atoms with Crippen LogP contribution < -0.4 is 11.7 Å². The van der Waals surface area contributed by atoms with Gasteiger partial charge in [-0.2, -0.15) is 0 Å². The average molecular weight is 113 g/mol. The molecule has 0 aliphatic heterocycles. The summed E-state index contributed by atoms with van der Waals surface area (Å²) < 4.78 is 9.10. The molecule has 0 heterocycles. The number of nitrogens with two attached hydrogens (primary N) is 2. The summed E-state index contributed by atoms with van der Waals surface area (Å²) in [5, 5.41) is 0. The van der Waals surface area contributed by atoms with E-state index in [4.69, 9.17) is 14.4 Å². The lowest BCUT2D eigenvalue weighted by molar-refractivity contribution is 0.374. The summed E-state index contributed by atoms with van der Waals surface area (Å²) in [6.07, 6.45) is 0. The second-order valence-electron chi connectivity index (χ2n) is 0.589. The zero-order valence-electron chi connectivity index (χ0n) is 2.90. The van der Waals surface area contributed by atoms with Gasteiger partial charge in [-0.1, -0.05) is 0 Å². The Morgan fingerprint density at radius 3 is 1.50 bits per heavy atom. The molecule has 6 heteroatoms. The lowest BCUT2D eigenvalue weighted by atomic mass is 13.9. The molecule has 0 bridgehead atoms. The van der Waals surface area contributed by atoms with Crippen LogP contribution in [0.4, 0.5) is 0 Å². The third kappa shape index (κ3) is 7830. The Balaban J connectivity index is 0. The van der Waals surface area contributed by atoms with Gasteiger partial charge in [-0.15, -0.1) is 0 Å². The Hall–Kier alpha value is 0.0700. The zero-order chi connectivity index (χ0) is 4.50. The van der Waals surface area contributed by atoms with Crippen LogP contribution in [0.1, 0.15) is 0 Å². The Labute approximate surface area is 35.0 Å². The highest BCUT2D eigenvalue weighted by molar-refractivity contribution is 7.49. The summed E-state index contributed by atoms with van der Waals surface area (Å²) in [6.45, 7) is 0.